The second-order valence-corrected chi connectivity index (χ2v) is 7.33. The first-order chi connectivity index (χ1) is 14.2. The first-order valence-corrected chi connectivity index (χ1v) is 10.1. The second kappa shape index (κ2) is 9.00. The van der Waals surface area contributed by atoms with Crippen molar-refractivity contribution in [2.45, 2.75) is 12.8 Å². The van der Waals surface area contributed by atoms with Crippen LogP contribution >= 0.6 is 0 Å². The van der Waals surface area contributed by atoms with Crippen LogP contribution in [0.2, 0.25) is 0 Å². The fourth-order valence-corrected chi connectivity index (χ4v) is 3.81. The maximum atomic E-state index is 12.8. The largest absolute Gasteiger partial charge is 0.375 e. The Morgan fingerprint density at radius 1 is 0.897 bits per heavy atom. The first kappa shape index (κ1) is 19.3. The van der Waals surface area contributed by atoms with E-state index >= 15 is 0 Å². The van der Waals surface area contributed by atoms with Gasteiger partial charge in [0.2, 0.25) is 11.9 Å². The molecule has 152 valence electrons. The lowest BCUT2D eigenvalue weighted by Crippen LogP contribution is -2.47. The number of para-hydroxylation sites is 1. The van der Waals surface area contributed by atoms with Gasteiger partial charge in [-0.1, -0.05) is 12.1 Å². The predicted molar refractivity (Wildman–Crippen MR) is 111 cm³/mol. The number of hydrogen-bond acceptors (Lipinski definition) is 7. The van der Waals surface area contributed by atoms with E-state index in [0.717, 1.165) is 57.2 Å². The molecule has 0 saturated carbocycles. The SMILES string of the molecule is O=C1CNc2ccccc2C(=O)N1CCCCN1CCN(c2ncccn2)CC1. The van der Waals surface area contributed by atoms with Gasteiger partial charge in [0.15, 0.2) is 0 Å². The Bertz CT molecular complexity index is 851. The molecule has 8 nitrogen and oxygen atoms in total. The molecule has 1 aromatic heterocycles. The van der Waals surface area contributed by atoms with Crippen molar-refractivity contribution in [1.82, 2.24) is 19.8 Å². The molecule has 1 fully saturated rings. The third-order valence-corrected chi connectivity index (χ3v) is 5.45. The van der Waals surface area contributed by atoms with Crippen LogP contribution in [0.5, 0.6) is 0 Å². The standard InChI is InChI=1S/C21H26N6O2/c28-19-16-24-18-7-2-1-6-17(18)20(29)27(19)11-4-3-10-25-12-14-26(15-13-25)21-22-8-5-9-23-21/h1-2,5-9,24H,3-4,10-16H2. The number of carbonyl (C=O) groups excluding carboxylic acids is 2. The zero-order valence-corrected chi connectivity index (χ0v) is 16.5. The van der Waals surface area contributed by atoms with Crippen LogP contribution in [-0.4, -0.2) is 77.4 Å². The molecule has 29 heavy (non-hydrogen) atoms. The van der Waals surface area contributed by atoms with E-state index in [1.807, 2.05) is 24.3 Å². The molecule has 0 atom stereocenters. The summed E-state index contributed by atoms with van der Waals surface area (Å²) in [6, 6.07) is 9.12. The van der Waals surface area contributed by atoms with Crippen LogP contribution in [0.15, 0.2) is 42.7 Å². The fraction of sp³-hybridized carbons (Fsp3) is 0.429. The number of nitrogens with zero attached hydrogens (tertiary/aromatic N) is 5. The number of carbonyl (C=O) groups is 2. The average Bonchev–Trinajstić information content (AvgIpc) is 2.89. The smallest absolute Gasteiger partial charge is 0.262 e. The third kappa shape index (κ3) is 4.54. The van der Waals surface area contributed by atoms with Gasteiger partial charge in [-0.25, -0.2) is 9.97 Å². The van der Waals surface area contributed by atoms with E-state index < -0.39 is 0 Å². The van der Waals surface area contributed by atoms with Gasteiger partial charge in [0, 0.05) is 50.8 Å². The number of rotatable bonds is 6. The number of imide groups is 1. The molecule has 3 heterocycles. The van der Waals surface area contributed by atoms with Crippen LogP contribution in [0.25, 0.3) is 0 Å². The molecule has 2 amide bonds. The van der Waals surface area contributed by atoms with Crippen LogP contribution in [0, 0.1) is 0 Å². The van der Waals surface area contributed by atoms with Gasteiger partial charge in [-0.3, -0.25) is 19.4 Å². The summed E-state index contributed by atoms with van der Waals surface area (Å²) < 4.78 is 0. The van der Waals surface area contributed by atoms with Gasteiger partial charge in [-0.15, -0.1) is 0 Å². The van der Waals surface area contributed by atoms with Crippen LogP contribution in [0.4, 0.5) is 11.6 Å². The molecule has 4 rings (SSSR count). The van der Waals surface area contributed by atoms with Crippen molar-refractivity contribution in [3.05, 3.63) is 48.3 Å². The van der Waals surface area contributed by atoms with Gasteiger partial charge in [-0.05, 0) is 37.6 Å². The van der Waals surface area contributed by atoms with E-state index in [1.165, 1.54) is 4.90 Å². The minimum atomic E-state index is -0.202. The van der Waals surface area contributed by atoms with Crippen molar-refractivity contribution in [1.29, 1.82) is 0 Å². The lowest BCUT2D eigenvalue weighted by atomic mass is 10.1. The van der Waals surface area contributed by atoms with Gasteiger partial charge in [-0.2, -0.15) is 0 Å². The third-order valence-electron chi connectivity index (χ3n) is 5.45. The van der Waals surface area contributed by atoms with Gasteiger partial charge < -0.3 is 10.2 Å². The molecular formula is C21H26N6O2. The van der Waals surface area contributed by atoms with Gasteiger partial charge in [0.05, 0.1) is 12.1 Å². The van der Waals surface area contributed by atoms with E-state index in [2.05, 4.69) is 25.1 Å². The number of benzene rings is 1. The van der Waals surface area contributed by atoms with Crippen molar-refractivity contribution >= 4 is 23.5 Å². The van der Waals surface area contributed by atoms with Crippen molar-refractivity contribution in [3.8, 4) is 0 Å². The summed E-state index contributed by atoms with van der Waals surface area (Å²) >= 11 is 0. The van der Waals surface area contributed by atoms with Crippen molar-refractivity contribution in [2.24, 2.45) is 0 Å². The van der Waals surface area contributed by atoms with E-state index in [1.54, 1.807) is 18.5 Å². The lowest BCUT2D eigenvalue weighted by molar-refractivity contribution is -0.126. The zero-order valence-electron chi connectivity index (χ0n) is 16.5. The van der Waals surface area contributed by atoms with Crippen molar-refractivity contribution in [2.75, 3.05) is 56.0 Å². The summed E-state index contributed by atoms with van der Waals surface area (Å²) in [6.07, 6.45) is 5.30. The number of hydrogen-bond donors (Lipinski definition) is 1. The number of anilines is 2. The monoisotopic (exact) mass is 394 g/mol. The molecule has 1 N–H and O–H groups in total. The van der Waals surface area contributed by atoms with E-state index in [-0.39, 0.29) is 18.4 Å². The van der Waals surface area contributed by atoms with Crippen LogP contribution in [0.1, 0.15) is 23.2 Å². The van der Waals surface area contributed by atoms with Crippen LogP contribution in [-0.2, 0) is 4.79 Å². The molecule has 2 aliphatic heterocycles. The molecule has 1 aromatic carbocycles. The average molecular weight is 394 g/mol. The zero-order chi connectivity index (χ0) is 20.1. The Labute approximate surface area is 170 Å². The summed E-state index contributed by atoms with van der Waals surface area (Å²) in [4.78, 5) is 39.8. The molecule has 0 spiro atoms. The number of piperazine rings is 1. The first-order valence-electron chi connectivity index (χ1n) is 10.1. The Kier molecular flexibility index (Phi) is 6.00. The minimum absolute atomic E-state index is 0.159. The highest BCUT2D eigenvalue weighted by Gasteiger charge is 2.27. The highest BCUT2D eigenvalue weighted by atomic mass is 16.2. The quantitative estimate of drug-likeness (QED) is 0.587. The molecule has 0 unspecified atom stereocenters. The molecule has 1 saturated heterocycles. The summed E-state index contributed by atoms with van der Waals surface area (Å²) in [7, 11) is 0. The molecular weight excluding hydrogens is 368 g/mol. The molecule has 0 bridgehead atoms. The summed E-state index contributed by atoms with van der Waals surface area (Å²) in [5.74, 6) is 0.425. The highest BCUT2D eigenvalue weighted by molar-refractivity contribution is 6.10. The molecule has 0 aliphatic carbocycles. The molecule has 2 aliphatic rings. The minimum Gasteiger partial charge on any atom is -0.375 e. The van der Waals surface area contributed by atoms with Crippen molar-refractivity contribution < 1.29 is 9.59 Å². The molecule has 0 radical (unpaired) electrons. The van der Waals surface area contributed by atoms with Crippen LogP contribution < -0.4 is 10.2 Å². The van der Waals surface area contributed by atoms with Crippen LogP contribution in [0.3, 0.4) is 0 Å². The van der Waals surface area contributed by atoms with Gasteiger partial charge in [0.1, 0.15) is 0 Å². The Hall–Kier alpha value is -3.00. The highest BCUT2D eigenvalue weighted by Crippen LogP contribution is 2.20. The topological polar surface area (TPSA) is 81.7 Å². The van der Waals surface area contributed by atoms with E-state index in [4.69, 9.17) is 0 Å². The predicted octanol–water partition coefficient (Wildman–Crippen LogP) is 1.47. The van der Waals surface area contributed by atoms with E-state index in [9.17, 15) is 9.59 Å². The lowest BCUT2D eigenvalue weighted by Gasteiger charge is -2.34. The fourth-order valence-electron chi connectivity index (χ4n) is 3.81. The normalized spacial score (nSPS) is 17.7. The Morgan fingerprint density at radius 3 is 2.41 bits per heavy atom. The Balaban J connectivity index is 1.23. The Morgan fingerprint density at radius 2 is 1.62 bits per heavy atom. The number of fused-ring (bicyclic) bond motifs is 1. The summed E-state index contributed by atoms with van der Waals surface area (Å²) in [5, 5.41) is 3.06. The summed E-state index contributed by atoms with van der Waals surface area (Å²) in [6.45, 7) is 5.35. The number of nitrogens with one attached hydrogen (secondary N) is 1. The van der Waals surface area contributed by atoms with E-state index in [0.29, 0.717) is 12.1 Å². The molecule has 8 heteroatoms. The van der Waals surface area contributed by atoms with Gasteiger partial charge in [0.25, 0.3) is 5.91 Å². The maximum absolute atomic E-state index is 12.8. The second-order valence-electron chi connectivity index (χ2n) is 7.33. The van der Waals surface area contributed by atoms with Crippen molar-refractivity contribution in [3.63, 3.8) is 0 Å². The summed E-state index contributed by atoms with van der Waals surface area (Å²) in [5.41, 5.74) is 1.30. The number of amides is 2. The number of unbranched alkanes of at least 4 members (excludes halogenated alkanes) is 1. The van der Waals surface area contributed by atoms with Gasteiger partial charge >= 0.3 is 0 Å². The molecule has 2 aromatic rings. The maximum Gasteiger partial charge on any atom is 0.262 e. The number of aromatic nitrogens is 2.